The topological polar surface area (TPSA) is 127 Å². The molecule has 1 aromatic carbocycles. The van der Waals surface area contributed by atoms with Crippen molar-refractivity contribution in [1.29, 1.82) is 0 Å². The highest BCUT2D eigenvalue weighted by atomic mass is 16.4. The number of carbonyl (C=O) groups is 2. The van der Waals surface area contributed by atoms with Crippen LogP contribution in [0.1, 0.15) is 46.4 Å². The number of rotatable bonds is 7. The summed E-state index contributed by atoms with van der Waals surface area (Å²) in [6.07, 6.45) is 4.79. The monoisotopic (exact) mass is 282 g/mol. The second kappa shape index (κ2) is 11.0. The van der Waals surface area contributed by atoms with Crippen LogP contribution in [0.3, 0.4) is 0 Å². The Kier molecular flexibility index (Phi) is 9.90. The molecule has 112 valence electrons. The minimum Gasteiger partial charge on any atom is -0.478 e. The maximum atomic E-state index is 10.4. The second-order valence-corrected chi connectivity index (χ2v) is 4.18. The minimum atomic E-state index is -1.13. The Morgan fingerprint density at radius 2 is 1.25 bits per heavy atom. The molecule has 0 aromatic heterocycles. The Morgan fingerprint density at radius 1 is 0.850 bits per heavy atom. The van der Waals surface area contributed by atoms with Crippen molar-refractivity contribution in [1.82, 2.24) is 0 Å². The SMILES string of the molecule is NCCCCCCN.O=C(O)c1cccc(C(=O)O)c1. The van der Waals surface area contributed by atoms with Gasteiger partial charge in [-0.25, -0.2) is 9.59 Å². The number of carboxylic acids is 2. The molecule has 0 radical (unpaired) electrons. The number of hydrogen-bond donors (Lipinski definition) is 4. The van der Waals surface area contributed by atoms with Crippen LogP contribution in [0.25, 0.3) is 0 Å². The summed E-state index contributed by atoms with van der Waals surface area (Å²) >= 11 is 0. The molecule has 0 saturated carbocycles. The Labute approximate surface area is 118 Å². The highest BCUT2D eigenvalue weighted by Crippen LogP contribution is 2.04. The van der Waals surface area contributed by atoms with Gasteiger partial charge in [-0.1, -0.05) is 18.9 Å². The first-order chi connectivity index (χ1) is 9.52. The van der Waals surface area contributed by atoms with Gasteiger partial charge in [0.1, 0.15) is 0 Å². The number of benzene rings is 1. The fourth-order valence-electron chi connectivity index (χ4n) is 1.43. The van der Waals surface area contributed by atoms with Crippen LogP contribution in [0, 0.1) is 0 Å². The molecule has 0 aliphatic heterocycles. The Bertz CT molecular complexity index is 386. The number of aromatic carboxylic acids is 2. The van der Waals surface area contributed by atoms with E-state index in [1.807, 2.05) is 0 Å². The van der Waals surface area contributed by atoms with Gasteiger partial charge in [-0.2, -0.15) is 0 Å². The van der Waals surface area contributed by atoms with Crippen molar-refractivity contribution in [2.24, 2.45) is 11.5 Å². The summed E-state index contributed by atoms with van der Waals surface area (Å²) in [5.74, 6) is -2.25. The lowest BCUT2D eigenvalue weighted by molar-refractivity contribution is 0.0696. The van der Waals surface area contributed by atoms with E-state index in [-0.39, 0.29) is 11.1 Å². The third kappa shape index (κ3) is 8.23. The van der Waals surface area contributed by atoms with E-state index in [4.69, 9.17) is 21.7 Å². The third-order valence-corrected chi connectivity index (χ3v) is 2.51. The lowest BCUT2D eigenvalue weighted by Gasteiger charge is -1.95. The predicted molar refractivity (Wildman–Crippen MR) is 76.9 cm³/mol. The summed E-state index contributed by atoms with van der Waals surface area (Å²) in [6.45, 7) is 1.65. The van der Waals surface area contributed by atoms with Crippen molar-refractivity contribution < 1.29 is 19.8 Å². The molecule has 0 aliphatic rings. The van der Waals surface area contributed by atoms with Gasteiger partial charge in [0.25, 0.3) is 0 Å². The van der Waals surface area contributed by atoms with Crippen LogP contribution in [0.2, 0.25) is 0 Å². The third-order valence-electron chi connectivity index (χ3n) is 2.51. The molecule has 0 aliphatic carbocycles. The summed E-state index contributed by atoms with van der Waals surface area (Å²) in [4.78, 5) is 20.8. The van der Waals surface area contributed by atoms with E-state index in [2.05, 4.69) is 0 Å². The van der Waals surface area contributed by atoms with Gasteiger partial charge in [0, 0.05) is 0 Å². The molecule has 1 rings (SSSR count). The molecule has 0 spiro atoms. The lowest BCUT2D eigenvalue weighted by Crippen LogP contribution is -2.01. The minimum absolute atomic E-state index is 0.0186. The molecule has 0 amide bonds. The van der Waals surface area contributed by atoms with Crippen LogP contribution in [0.15, 0.2) is 24.3 Å². The number of hydrogen-bond acceptors (Lipinski definition) is 4. The molecule has 0 atom stereocenters. The van der Waals surface area contributed by atoms with Gasteiger partial charge < -0.3 is 21.7 Å². The Balaban J connectivity index is 0.000000396. The maximum absolute atomic E-state index is 10.4. The van der Waals surface area contributed by atoms with Crippen molar-refractivity contribution >= 4 is 11.9 Å². The van der Waals surface area contributed by atoms with E-state index in [0.29, 0.717) is 0 Å². The van der Waals surface area contributed by atoms with E-state index in [1.54, 1.807) is 0 Å². The van der Waals surface area contributed by atoms with E-state index in [1.165, 1.54) is 31.0 Å². The fourth-order valence-corrected chi connectivity index (χ4v) is 1.43. The smallest absolute Gasteiger partial charge is 0.335 e. The fraction of sp³-hybridized carbons (Fsp3) is 0.429. The average molecular weight is 282 g/mol. The highest BCUT2D eigenvalue weighted by Gasteiger charge is 2.06. The normalized spacial score (nSPS) is 9.50. The summed E-state index contributed by atoms with van der Waals surface area (Å²) in [6, 6.07) is 5.20. The average Bonchev–Trinajstić information content (AvgIpc) is 2.44. The van der Waals surface area contributed by atoms with E-state index in [9.17, 15) is 9.59 Å². The van der Waals surface area contributed by atoms with Crippen molar-refractivity contribution in [2.45, 2.75) is 25.7 Å². The van der Waals surface area contributed by atoms with Crippen molar-refractivity contribution in [2.75, 3.05) is 13.1 Å². The predicted octanol–water partition coefficient (Wildman–Crippen LogP) is 1.55. The molecule has 6 nitrogen and oxygen atoms in total. The molecular formula is C14H22N2O4. The van der Waals surface area contributed by atoms with Crippen LogP contribution >= 0.6 is 0 Å². The summed E-state index contributed by atoms with van der Waals surface area (Å²) in [7, 11) is 0. The molecule has 20 heavy (non-hydrogen) atoms. The quantitative estimate of drug-likeness (QED) is 0.562. The van der Waals surface area contributed by atoms with Gasteiger partial charge in [0.05, 0.1) is 11.1 Å². The van der Waals surface area contributed by atoms with Crippen molar-refractivity contribution in [3.8, 4) is 0 Å². The lowest BCUT2D eigenvalue weighted by atomic mass is 10.1. The molecule has 0 heterocycles. The molecular weight excluding hydrogens is 260 g/mol. The molecule has 0 bridgehead atoms. The number of nitrogens with two attached hydrogens (primary N) is 2. The first-order valence-electron chi connectivity index (χ1n) is 6.49. The van der Waals surface area contributed by atoms with Gasteiger partial charge in [0.2, 0.25) is 0 Å². The van der Waals surface area contributed by atoms with Gasteiger partial charge >= 0.3 is 11.9 Å². The zero-order chi connectivity index (χ0) is 15.4. The van der Waals surface area contributed by atoms with E-state index >= 15 is 0 Å². The largest absolute Gasteiger partial charge is 0.478 e. The zero-order valence-electron chi connectivity index (χ0n) is 11.4. The number of carboxylic acid groups (broad SMARTS) is 2. The molecule has 6 heteroatoms. The number of unbranched alkanes of at least 4 members (excludes halogenated alkanes) is 3. The van der Waals surface area contributed by atoms with Gasteiger partial charge in [-0.3, -0.25) is 0 Å². The van der Waals surface area contributed by atoms with Gasteiger partial charge in [-0.15, -0.1) is 0 Å². The highest BCUT2D eigenvalue weighted by molar-refractivity contribution is 5.93. The van der Waals surface area contributed by atoms with Crippen LogP contribution < -0.4 is 11.5 Å². The Hall–Kier alpha value is -1.92. The Morgan fingerprint density at radius 3 is 1.55 bits per heavy atom. The van der Waals surface area contributed by atoms with Crippen molar-refractivity contribution in [3.05, 3.63) is 35.4 Å². The zero-order valence-corrected chi connectivity index (χ0v) is 11.4. The molecule has 1 aromatic rings. The molecule has 6 N–H and O–H groups in total. The van der Waals surface area contributed by atoms with Crippen LogP contribution in [-0.2, 0) is 0 Å². The first-order valence-corrected chi connectivity index (χ1v) is 6.49. The summed E-state index contributed by atoms with van der Waals surface area (Å²) < 4.78 is 0. The first kappa shape index (κ1) is 18.1. The molecule has 0 unspecified atom stereocenters. The van der Waals surface area contributed by atoms with E-state index < -0.39 is 11.9 Å². The standard InChI is InChI=1S/C8H6O4.C6H16N2/c9-7(10)5-2-1-3-6(4-5)8(11)12;7-5-3-1-2-4-6-8/h1-4H,(H,9,10)(H,11,12);1-8H2. The maximum Gasteiger partial charge on any atom is 0.335 e. The van der Waals surface area contributed by atoms with Crippen LogP contribution in [0.5, 0.6) is 0 Å². The van der Waals surface area contributed by atoms with Gasteiger partial charge in [0.15, 0.2) is 0 Å². The van der Waals surface area contributed by atoms with Crippen LogP contribution in [0.4, 0.5) is 0 Å². The second-order valence-electron chi connectivity index (χ2n) is 4.18. The van der Waals surface area contributed by atoms with Gasteiger partial charge in [-0.05, 0) is 44.1 Å². The van der Waals surface area contributed by atoms with Crippen LogP contribution in [-0.4, -0.2) is 35.2 Å². The molecule has 0 fully saturated rings. The van der Waals surface area contributed by atoms with E-state index in [0.717, 1.165) is 32.0 Å². The summed E-state index contributed by atoms with van der Waals surface area (Å²) in [5, 5.41) is 17.0. The molecule has 0 saturated heterocycles. The van der Waals surface area contributed by atoms with Crippen molar-refractivity contribution in [3.63, 3.8) is 0 Å². The summed E-state index contributed by atoms with van der Waals surface area (Å²) in [5.41, 5.74) is 10.5.